The van der Waals surface area contributed by atoms with Crippen LogP contribution in [-0.4, -0.2) is 38.1 Å². The summed E-state index contributed by atoms with van der Waals surface area (Å²) in [5, 5.41) is 2.97. The Morgan fingerprint density at radius 1 is 1.07 bits per heavy atom. The van der Waals surface area contributed by atoms with Gasteiger partial charge >= 0.3 is 0 Å². The van der Waals surface area contributed by atoms with Gasteiger partial charge < -0.3 is 19.7 Å². The lowest BCUT2D eigenvalue weighted by molar-refractivity contribution is -0.126. The summed E-state index contributed by atoms with van der Waals surface area (Å²) in [4.78, 5) is 26.7. The van der Waals surface area contributed by atoms with E-state index in [1.807, 2.05) is 42.5 Å². The number of hydrogen-bond acceptors (Lipinski definition) is 4. The van der Waals surface area contributed by atoms with Crippen molar-refractivity contribution in [1.29, 1.82) is 0 Å². The van der Waals surface area contributed by atoms with Crippen LogP contribution in [0.1, 0.15) is 24.5 Å². The third-order valence-electron chi connectivity index (χ3n) is 5.47. The second-order valence-corrected chi connectivity index (χ2v) is 7.44. The Kier molecular flexibility index (Phi) is 5.69. The number of nitrogens with one attached hydrogen (secondary N) is 1. The summed E-state index contributed by atoms with van der Waals surface area (Å²) in [6.45, 7) is 4.18. The van der Waals surface area contributed by atoms with Crippen LogP contribution in [0.5, 0.6) is 11.5 Å². The summed E-state index contributed by atoms with van der Waals surface area (Å²) in [6, 6.07) is 13.8. The highest BCUT2D eigenvalue weighted by Crippen LogP contribution is 2.31. The van der Waals surface area contributed by atoms with Gasteiger partial charge in [0.2, 0.25) is 11.8 Å². The van der Waals surface area contributed by atoms with E-state index < -0.39 is 0 Å². The Morgan fingerprint density at radius 2 is 1.79 bits per heavy atom. The number of fused-ring (bicyclic) bond motifs is 1. The van der Waals surface area contributed by atoms with E-state index in [0.29, 0.717) is 32.7 Å². The molecule has 29 heavy (non-hydrogen) atoms. The van der Waals surface area contributed by atoms with E-state index >= 15 is 0 Å². The molecule has 0 aliphatic carbocycles. The number of amides is 2. The predicted molar refractivity (Wildman–Crippen MR) is 110 cm³/mol. The van der Waals surface area contributed by atoms with Crippen molar-refractivity contribution in [3.8, 4) is 11.5 Å². The number of benzene rings is 2. The van der Waals surface area contributed by atoms with Crippen molar-refractivity contribution in [2.45, 2.75) is 26.2 Å². The van der Waals surface area contributed by atoms with Crippen LogP contribution in [0.3, 0.4) is 0 Å². The summed E-state index contributed by atoms with van der Waals surface area (Å²) in [5.41, 5.74) is 3.17. The van der Waals surface area contributed by atoms with Crippen LogP contribution in [0.15, 0.2) is 42.5 Å². The van der Waals surface area contributed by atoms with Crippen molar-refractivity contribution in [1.82, 2.24) is 5.32 Å². The largest absolute Gasteiger partial charge is 0.486 e. The molecule has 4 rings (SSSR count). The van der Waals surface area contributed by atoms with Gasteiger partial charge in [0.15, 0.2) is 11.5 Å². The van der Waals surface area contributed by atoms with Crippen molar-refractivity contribution >= 4 is 17.5 Å². The van der Waals surface area contributed by atoms with Gasteiger partial charge in [-0.15, -0.1) is 0 Å². The summed E-state index contributed by atoms with van der Waals surface area (Å²) in [5.74, 6) is 1.14. The Hall–Kier alpha value is -3.02. The molecule has 0 aromatic heterocycles. The Morgan fingerprint density at radius 3 is 2.55 bits per heavy atom. The molecule has 1 saturated heterocycles. The lowest BCUT2D eigenvalue weighted by atomic mass is 10.1. The fourth-order valence-corrected chi connectivity index (χ4v) is 3.76. The Bertz CT molecular complexity index is 894. The molecule has 2 aromatic rings. The van der Waals surface area contributed by atoms with E-state index in [-0.39, 0.29) is 24.2 Å². The number of nitrogens with zero attached hydrogens (tertiary/aromatic N) is 1. The topological polar surface area (TPSA) is 67.9 Å². The molecule has 1 N–H and O–H groups in total. The van der Waals surface area contributed by atoms with Crippen LogP contribution < -0.4 is 19.7 Å². The van der Waals surface area contributed by atoms with Crippen molar-refractivity contribution in [3.05, 3.63) is 53.6 Å². The van der Waals surface area contributed by atoms with Gasteiger partial charge in [-0.3, -0.25) is 9.59 Å². The van der Waals surface area contributed by atoms with E-state index in [2.05, 4.69) is 12.2 Å². The maximum atomic E-state index is 12.6. The van der Waals surface area contributed by atoms with Crippen LogP contribution >= 0.6 is 0 Å². The van der Waals surface area contributed by atoms with Crippen LogP contribution in [0.2, 0.25) is 0 Å². The van der Waals surface area contributed by atoms with E-state index in [1.165, 1.54) is 5.56 Å². The molecular weight excluding hydrogens is 368 g/mol. The van der Waals surface area contributed by atoms with E-state index in [4.69, 9.17) is 9.47 Å². The molecule has 2 heterocycles. The molecule has 2 aliphatic rings. The van der Waals surface area contributed by atoms with Crippen LogP contribution in [0.25, 0.3) is 0 Å². The standard InChI is InChI=1S/C23H26N2O4/c1-2-16-3-6-19(7-4-16)25-15-18(14-22(25)26)23(27)24-10-9-17-5-8-20-21(13-17)29-12-11-28-20/h3-8,13,18H,2,9-12,14-15H2,1H3,(H,24,27). The molecule has 1 atom stereocenters. The summed E-state index contributed by atoms with van der Waals surface area (Å²) < 4.78 is 11.1. The first kappa shape index (κ1) is 19.3. The van der Waals surface area contributed by atoms with Gasteiger partial charge in [0, 0.05) is 25.2 Å². The molecule has 2 amide bonds. The first-order valence-electron chi connectivity index (χ1n) is 10.2. The van der Waals surface area contributed by atoms with Gasteiger partial charge in [-0.25, -0.2) is 0 Å². The highest BCUT2D eigenvalue weighted by Gasteiger charge is 2.34. The molecule has 152 valence electrons. The average molecular weight is 394 g/mol. The lowest BCUT2D eigenvalue weighted by Crippen LogP contribution is -2.34. The fourth-order valence-electron chi connectivity index (χ4n) is 3.76. The zero-order chi connectivity index (χ0) is 20.2. The summed E-state index contributed by atoms with van der Waals surface area (Å²) in [7, 11) is 0. The van der Waals surface area contributed by atoms with Crippen LogP contribution in [0.4, 0.5) is 5.69 Å². The van der Waals surface area contributed by atoms with Crippen molar-refractivity contribution < 1.29 is 19.1 Å². The second kappa shape index (κ2) is 8.55. The number of carbonyl (C=O) groups is 2. The van der Waals surface area contributed by atoms with Gasteiger partial charge in [0.05, 0.1) is 5.92 Å². The second-order valence-electron chi connectivity index (χ2n) is 7.44. The zero-order valence-electron chi connectivity index (χ0n) is 16.6. The number of rotatable bonds is 6. The molecule has 0 saturated carbocycles. The minimum atomic E-state index is -0.311. The third kappa shape index (κ3) is 4.36. The molecule has 2 aliphatic heterocycles. The highest BCUT2D eigenvalue weighted by molar-refractivity contribution is 6.00. The minimum Gasteiger partial charge on any atom is -0.486 e. The average Bonchev–Trinajstić information content (AvgIpc) is 3.15. The third-order valence-corrected chi connectivity index (χ3v) is 5.47. The van der Waals surface area contributed by atoms with Gasteiger partial charge in [0.1, 0.15) is 13.2 Å². The molecule has 1 fully saturated rings. The van der Waals surface area contributed by atoms with Gasteiger partial charge in [-0.1, -0.05) is 25.1 Å². The molecule has 1 unspecified atom stereocenters. The maximum absolute atomic E-state index is 12.6. The lowest BCUT2D eigenvalue weighted by Gasteiger charge is -2.19. The Balaban J connectivity index is 1.29. The number of ether oxygens (including phenoxy) is 2. The normalized spacial score (nSPS) is 18.0. The van der Waals surface area contributed by atoms with Crippen LogP contribution in [0, 0.1) is 5.92 Å². The summed E-state index contributed by atoms with van der Waals surface area (Å²) >= 11 is 0. The number of anilines is 1. The summed E-state index contributed by atoms with van der Waals surface area (Å²) in [6.07, 6.45) is 1.92. The SMILES string of the molecule is CCc1ccc(N2CC(C(=O)NCCc3ccc4c(c3)OCCO4)CC2=O)cc1. The minimum absolute atomic E-state index is 0.00114. The zero-order valence-corrected chi connectivity index (χ0v) is 16.6. The van der Waals surface area contributed by atoms with Crippen LogP contribution in [-0.2, 0) is 22.4 Å². The number of carbonyl (C=O) groups excluding carboxylic acids is 2. The van der Waals surface area contributed by atoms with Crippen molar-refractivity contribution in [2.24, 2.45) is 5.92 Å². The van der Waals surface area contributed by atoms with E-state index in [0.717, 1.165) is 29.2 Å². The number of hydrogen-bond donors (Lipinski definition) is 1. The molecule has 2 aromatic carbocycles. The Labute approximate surface area is 170 Å². The molecular formula is C23H26N2O4. The molecule has 0 bridgehead atoms. The van der Waals surface area contributed by atoms with Gasteiger partial charge in [-0.05, 0) is 48.2 Å². The van der Waals surface area contributed by atoms with Crippen molar-refractivity contribution in [3.63, 3.8) is 0 Å². The molecule has 0 radical (unpaired) electrons. The van der Waals surface area contributed by atoms with Gasteiger partial charge in [-0.2, -0.15) is 0 Å². The number of aryl methyl sites for hydroxylation is 1. The molecule has 6 heteroatoms. The molecule has 6 nitrogen and oxygen atoms in total. The first-order valence-corrected chi connectivity index (χ1v) is 10.2. The van der Waals surface area contributed by atoms with Crippen molar-refractivity contribution in [2.75, 3.05) is 31.2 Å². The quantitative estimate of drug-likeness (QED) is 0.818. The monoisotopic (exact) mass is 394 g/mol. The molecule has 0 spiro atoms. The van der Waals surface area contributed by atoms with E-state index in [1.54, 1.807) is 4.90 Å². The maximum Gasteiger partial charge on any atom is 0.227 e. The highest BCUT2D eigenvalue weighted by atomic mass is 16.6. The predicted octanol–water partition coefficient (Wildman–Crippen LogP) is 2.73. The first-order chi connectivity index (χ1) is 14.1. The smallest absolute Gasteiger partial charge is 0.227 e. The fraction of sp³-hybridized carbons (Fsp3) is 0.391. The van der Waals surface area contributed by atoms with E-state index in [9.17, 15) is 9.59 Å². The van der Waals surface area contributed by atoms with Gasteiger partial charge in [0.25, 0.3) is 0 Å².